The smallest absolute Gasteiger partial charge is 0.197 e. The van der Waals surface area contributed by atoms with Gasteiger partial charge in [-0.15, -0.1) is 11.6 Å². The van der Waals surface area contributed by atoms with E-state index in [1.54, 1.807) is 0 Å². The monoisotopic (exact) mass is 303 g/mol. The predicted octanol–water partition coefficient (Wildman–Crippen LogP) is 5.14. The first-order valence-corrected chi connectivity index (χ1v) is 6.96. The van der Waals surface area contributed by atoms with Crippen LogP contribution >= 0.6 is 11.6 Å². The van der Waals surface area contributed by atoms with Crippen molar-refractivity contribution in [2.24, 2.45) is 5.92 Å². The molecule has 1 rings (SSSR count). The maximum absolute atomic E-state index is 12.6. The molecule has 1 aromatic rings. The molecule has 0 aromatic heterocycles. The first kappa shape index (κ1) is 16.8. The van der Waals surface area contributed by atoms with Gasteiger partial charge < -0.3 is 0 Å². The first-order chi connectivity index (χ1) is 9.28. The maximum atomic E-state index is 12.6. The van der Waals surface area contributed by atoms with Gasteiger partial charge in [0.2, 0.25) is 0 Å². The summed E-state index contributed by atoms with van der Waals surface area (Å²) in [6.07, 6.45) is -3.17. The van der Waals surface area contributed by atoms with Crippen molar-refractivity contribution in [3.63, 3.8) is 0 Å². The standard InChI is InChI=1S/C15H17ClF3N/c1-11(2)14(10-20,8-3-9-16)12-4-6-13(7-5-12)15(17,18)19/h4-7,11H,3,8-9H2,1-2H3. The minimum absolute atomic E-state index is 0.00699. The molecule has 0 spiro atoms. The Morgan fingerprint density at radius 2 is 1.65 bits per heavy atom. The van der Waals surface area contributed by atoms with Crippen LogP contribution in [0.5, 0.6) is 0 Å². The Hall–Kier alpha value is -1.21. The van der Waals surface area contributed by atoms with E-state index in [1.807, 2.05) is 13.8 Å². The van der Waals surface area contributed by atoms with E-state index in [0.29, 0.717) is 24.3 Å². The number of nitriles is 1. The number of halogens is 4. The van der Waals surface area contributed by atoms with E-state index in [-0.39, 0.29) is 5.92 Å². The van der Waals surface area contributed by atoms with Gasteiger partial charge in [-0.2, -0.15) is 18.4 Å². The molecule has 1 aromatic carbocycles. The predicted molar refractivity (Wildman–Crippen MR) is 73.5 cm³/mol. The fourth-order valence-electron chi connectivity index (χ4n) is 2.32. The third-order valence-corrected chi connectivity index (χ3v) is 3.88. The minimum atomic E-state index is -4.36. The number of alkyl halides is 4. The summed E-state index contributed by atoms with van der Waals surface area (Å²) in [5.74, 6) is 0.420. The molecular formula is C15H17ClF3N. The largest absolute Gasteiger partial charge is 0.416 e. The van der Waals surface area contributed by atoms with Crippen LogP contribution in [0.4, 0.5) is 13.2 Å². The third-order valence-electron chi connectivity index (χ3n) is 3.62. The van der Waals surface area contributed by atoms with Crippen molar-refractivity contribution in [3.8, 4) is 6.07 Å². The quantitative estimate of drug-likeness (QED) is 0.691. The number of benzene rings is 1. The van der Waals surface area contributed by atoms with Crippen molar-refractivity contribution in [1.82, 2.24) is 0 Å². The van der Waals surface area contributed by atoms with Crippen molar-refractivity contribution in [1.29, 1.82) is 5.26 Å². The van der Waals surface area contributed by atoms with Crippen LogP contribution in [0.25, 0.3) is 0 Å². The first-order valence-electron chi connectivity index (χ1n) is 6.43. The zero-order chi connectivity index (χ0) is 15.4. The fourth-order valence-corrected chi connectivity index (χ4v) is 2.45. The molecular weight excluding hydrogens is 287 g/mol. The van der Waals surface area contributed by atoms with Crippen molar-refractivity contribution in [2.45, 2.75) is 38.3 Å². The van der Waals surface area contributed by atoms with Crippen molar-refractivity contribution in [2.75, 3.05) is 5.88 Å². The van der Waals surface area contributed by atoms with Crippen molar-refractivity contribution in [3.05, 3.63) is 35.4 Å². The zero-order valence-corrected chi connectivity index (χ0v) is 12.2. The van der Waals surface area contributed by atoms with E-state index in [1.165, 1.54) is 12.1 Å². The minimum Gasteiger partial charge on any atom is -0.197 e. The summed E-state index contributed by atoms with van der Waals surface area (Å²) in [4.78, 5) is 0. The summed E-state index contributed by atoms with van der Waals surface area (Å²) < 4.78 is 37.7. The zero-order valence-electron chi connectivity index (χ0n) is 11.5. The molecule has 0 saturated carbocycles. The lowest BCUT2D eigenvalue weighted by Crippen LogP contribution is -2.31. The summed E-state index contributed by atoms with van der Waals surface area (Å²) in [6, 6.07) is 7.16. The molecule has 1 atom stereocenters. The number of hydrogen-bond acceptors (Lipinski definition) is 1. The summed E-state index contributed by atoms with van der Waals surface area (Å²) in [5, 5.41) is 9.54. The summed E-state index contributed by atoms with van der Waals surface area (Å²) >= 11 is 5.68. The van der Waals surface area contributed by atoms with Crippen LogP contribution in [0.15, 0.2) is 24.3 Å². The highest BCUT2D eigenvalue weighted by Gasteiger charge is 2.36. The van der Waals surface area contributed by atoms with Crippen LogP contribution < -0.4 is 0 Å². The van der Waals surface area contributed by atoms with Crippen LogP contribution in [-0.4, -0.2) is 5.88 Å². The Labute approximate surface area is 122 Å². The molecule has 0 N–H and O–H groups in total. The summed E-state index contributed by atoms with van der Waals surface area (Å²) in [5.41, 5.74) is -0.874. The second-order valence-corrected chi connectivity index (χ2v) is 5.48. The van der Waals surface area contributed by atoms with E-state index in [2.05, 4.69) is 6.07 Å². The average molecular weight is 304 g/mol. The average Bonchev–Trinajstić information content (AvgIpc) is 2.39. The lowest BCUT2D eigenvalue weighted by atomic mass is 9.70. The van der Waals surface area contributed by atoms with Gasteiger partial charge in [0.05, 0.1) is 17.0 Å². The molecule has 110 valence electrons. The number of rotatable bonds is 5. The summed E-state index contributed by atoms with van der Waals surface area (Å²) in [6.45, 7) is 3.80. The van der Waals surface area contributed by atoms with E-state index >= 15 is 0 Å². The molecule has 0 aliphatic heterocycles. The van der Waals surface area contributed by atoms with Gasteiger partial charge in [-0.25, -0.2) is 0 Å². The third kappa shape index (κ3) is 3.46. The van der Waals surface area contributed by atoms with Gasteiger partial charge in [0.25, 0.3) is 0 Å². The lowest BCUT2D eigenvalue weighted by molar-refractivity contribution is -0.137. The Morgan fingerprint density at radius 1 is 1.15 bits per heavy atom. The van der Waals surface area contributed by atoms with Crippen LogP contribution in [-0.2, 0) is 11.6 Å². The van der Waals surface area contributed by atoms with Crippen molar-refractivity contribution >= 4 is 11.6 Å². The molecule has 0 radical (unpaired) electrons. The molecule has 1 unspecified atom stereocenters. The molecule has 0 aliphatic carbocycles. The second-order valence-electron chi connectivity index (χ2n) is 5.11. The van der Waals surface area contributed by atoms with E-state index in [0.717, 1.165) is 12.1 Å². The molecule has 0 saturated heterocycles. The Balaban J connectivity index is 3.19. The second kappa shape index (κ2) is 6.49. The van der Waals surface area contributed by atoms with Gasteiger partial charge in [-0.05, 0) is 36.5 Å². The van der Waals surface area contributed by atoms with Crippen LogP contribution in [0.2, 0.25) is 0 Å². The molecule has 0 bridgehead atoms. The van der Waals surface area contributed by atoms with Gasteiger partial charge in [0.1, 0.15) is 0 Å². The van der Waals surface area contributed by atoms with Crippen LogP contribution in [0.1, 0.15) is 37.8 Å². The van der Waals surface area contributed by atoms with Gasteiger partial charge >= 0.3 is 6.18 Å². The van der Waals surface area contributed by atoms with Crippen molar-refractivity contribution < 1.29 is 13.2 Å². The molecule has 0 heterocycles. The van der Waals surface area contributed by atoms with Gasteiger partial charge in [-0.1, -0.05) is 26.0 Å². The van der Waals surface area contributed by atoms with Crippen LogP contribution in [0, 0.1) is 17.2 Å². The molecule has 0 fully saturated rings. The molecule has 0 aliphatic rings. The molecule has 1 nitrogen and oxygen atoms in total. The molecule has 0 amide bonds. The van der Waals surface area contributed by atoms with Gasteiger partial charge in [0.15, 0.2) is 0 Å². The molecule has 20 heavy (non-hydrogen) atoms. The summed E-state index contributed by atoms with van der Waals surface area (Å²) in [7, 11) is 0. The van der Waals surface area contributed by atoms with Gasteiger partial charge in [-0.3, -0.25) is 0 Å². The van der Waals surface area contributed by atoms with Crippen LogP contribution in [0.3, 0.4) is 0 Å². The number of nitrogens with zero attached hydrogens (tertiary/aromatic N) is 1. The van der Waals surface area contributed by atoms with Gasteiger partial charge in [0, 0.05) is 5.88 Å². The Bertz CT molecular complexity index is 473. The normalized spacial score (nSPS) is 14.9. The van der Waals surface area contributed by atoms with E-state index in [4.69, 9.17) is 11.6 Å². The topological polar surface area (TPSA) is 23.8 Å². The molecule has 5 heteroatoms. The lowest BCUT2D eigenvalue weighted by Gasteiger charge is -2.31. The number of hydrogen-bond donors (Lipinski definition) is 0. The van der Waals surface area contributed by atoms with E-state index in [9.17, 15) is 18.4 Å². The highest BCUT2D eigenvalue weighted by Crippen LogP contribution is 2.38. The fraction of sp³-hybridized carbons (Fsp3) is 0.533. The Morgan fingerprint density at radius 3 is 2.00 bits per heavy atom. The SMILES string of the molecule is CC(C)C(C#N)(CCCCl)c1ccc(C(F)(F)F)cc1. The highest BCUT2D eigenvalue weighted by molar-refractivity contribution is 6.17. The maximum Gasteiger partial charge on any atom is 0.416 e. The highest BCUT2D eigenvalue weighted by atomic mass is 35.5. The van der Waals surface area contributed by atoms with E-state index < -0.39 is 17.2 Å². The Kier molecular flexibility index (Phi) is 5.47.